The van der Waals surface area contributed by atoms with Crippen LogP contribution in [0.4, 0.5) is 0 Å². The van der Waals surface area contributed by atoms with Gasteiger partial charge in [-0.05, 0) is 66.6 Å². The number of rotatable bonds is 7. The van der Waals surface area contributed by atoms with Crippen molar-refractivity contribution in [1.29, 1.82) is 0 Å². The summed E-state index contributed by atoms with van der Waals surface area (Å²) in [6.45, 7) is 4.60. The highest BCUT2D eigenvalue weighted by Gasteiger charge is 2.35. The Hall–Kier alpha value is -2.83. The lowest BCUT2D eigenvalue weighted by Crippen LogP contribution is -2.49. The van der Waals surface area contributed by atoms with E-state index in [1.54, 1.807) is 47.6 Å². The second kappa shape index (κ2) is 10.6. The summed E-state index contributed by atoms with van der Waals surface area (Å²) in [5.41, 5.74) is 2.60. The predicted molar refractivity (Wildman–Crippen MR) is 137 cm³/mol. The number of carbonyl (C=O) groups excluding carboxylic acids is 2. The average Bonchev–Trinajstić information content (AvgIpc) is 3.35. The van der Waals surface area contributed by atoms with Gasteiger partial charge in [-0.25, -0.2) is 0 Å². The first-order valence-corrected chi connectivity index (χ1v) is 12.8. The fourth-order valence-corrected chi connectivity index (χ4v) is 5.53. The molecule has 1 aliphatic heterocycles. The number of hydrogen-bond donors (Lipinski definition) is 0. The van der Waals surface area contributed by atoms with Crippen molar-refractivity contribution in [3.05, 3.63) is 86.6 Å². The molecule has 0 fully saturated rings. The van der Waals surface area contributed by atoms with Crippen molar-refractivity contribution in [2.75, 3.05) is 20.2 Å². The second-order valence-corrected chi connectivity index (χ2v) is 9.89. The number of hydrogen-bond acceptors (Lipinski definition) is 4. The fraction of sp³-hybridized carbons (Fsp3) is 0.333. The van der Waals surface area contributed by atoms with E-state index in [1.807, 2.05) is 43.0 Å². The number of halogens is 1. The van der Waals surface area contributed by atoms with Gasteiger partial charge in [-0.15, -0.1) is 11.3 Å². The maximum Gasteiger partial charge on any atom is 0.256 e. The van der Waals surface area contributed by atoms with Crippen LogP contribution >= 0.6 is 22.9 Å². The van der Waals surface area contributed by atoms with Crippen LogP contribution in [0.1, 0.15) is 52.7 Å². The summed E-state index contributed by atoms with van der Waals surface area (Å²) in [7, 11) is 1.64. The van der Waals surface area contributed by atoms with Crippen LogP contribution < -0.4 is 4.74 Å². The van der Waals surface area contributed by atoms with Gasteiger partial charge in [-0.2, -0.15) is 0 Å². The molecule has 34 heavy (non-hydrogen) atoms. The minimum atomic E-state index is -0.220. The molecule has 2 atom stereocenters. The van der Waals surface area contributed by atoms with Crippen LogP contribution in [-0.4, -0.2) is 47.9 Å². The molecule has 1 aromatic heterocycles. The van der Waals surface area contributed by atoms with Crippen molar-refractivity contribution in [2.45, 2.75) is 38.8 Å². The highest BCUT2D eigenvalue weighted by atomic mass is 35.5. The molecule has 0 radical (unpaired) electrons. The van der Waals surface area contributed by atoms with E-state index in [4.69, 9.17) is 16.3 Å². The molecule has 2 amide bonds. The molecule has 0 N–H and O–H groups in total. The minimum absolute atomic E-state index is 0.00515. The number of thiophene rings is 1. The first-order valence-electron chi connectivity index (χ1n) is 11.5. The zero-order valence-corrected chi connectivity index (χ0v) is 21.2. The lowest BCUT2D eigenvalue weighted by Gasteiger charge is -2.38. The van der Waals surface area contributed by atoms with E-state index < -0.39 is 0 Å². The summed E-state index contributed by atoms with van der Waals surface area (Å²) in [5, 5.41) is 2.48. The molecule has 0 spiro atoms. The van der Waals surface area contributed by atoms with Crippen molar-refractivity contribution in [2.24, 2.45) is 0 Å². The largest absolute Gasteiger partial charge is 0.497 e. The van der Waals surface area contributed by atoms with E-state index in [0.29, 0.717) is 17.1 Å². The molecule has 7 heteroatoms. The van der Waals surface area contributed by atoms with Gasteiger partial charge >= 0.3 is 0 Å². The summed E-state index contributed by atoms with van der Waals surface area (Å²) in [5.74, 6) is 0.483. The number of carbonyl (C=O) groups is 2. The number of amides is 2. The van der Waals surface area contributed by atoms with Gasteiger partial charge in [0.15, 0.2) is 0 Å². The average molecular weight is 497 g/mol. The molecular formula is C27H29ClN2O3S. The number of benzene rings is 2. The van der Waals surface area contributed by atoms with Crippen molar-refractivity contribution >= 4 is 34.8 Å². The molecule has 178 valence electrons. The second-order valence-electron chi connectivity index (χ2n) is 8.48. The molecule has 0 saturated heterocycles. The van der Waals surface area contributed by atoms with E-state index in [2.05, 4.69) is 11.4 Å². The Morgan fingerprint density at radius 3 is 2.59 bits per heavy atom. The van der Waals surface area contributed by atoms with Crippen LogP contribution in [0.2, 0.25) is 5.02 Å². The van der Waals surface area contributed by atoms with Crippen LogP contribution in [0.3, 0.4) is 0 Å². The van der Waals surface area contributed by atoms with Crippen LogP contribution in [0.25, 0.3) is 0 Å². The summed E-state index contributed by atoms with van der Waals surface area (Å²) < 4.78 is 5.32. The van der Waals surface area contributed by atoms with Crippen LogP contribution in [0, 0.1) is 0 Å². The molecule has 3 aromatic rings. The molecule has 2 aromatic carbocycles. The molecule has 4 rings (SSSR count). The van der Waals surface area contributed by atoms with Crippen molar-refractivity contribution in [3.63, 3.8) is 0 Å². The first-order chi connectivity index (χ1) is 16.4. The summed E-state index contributed by atoms with van der Waals surface area (Å²) in [6.07, 6.45) is 1.55. The van der Waals surface area contributed by atoms with Gasteiger partial charge in [-0.3, -0.25) is 9.59 Å². The molecule has 2 unspecified atom stereocenters. The SMILES string of the molecule is CCC(C)N(CC(=O)N1CCc2sccc2C1c1ccc(OC)cc1)C(=O)c1ccccc1Cl. The third kappa shape index (κ3) is 4.84. The Labute approximate surface area is 209 Å². The predicted octanol–water partition coefficient (Wildman–Crippen LogP) is 5.83. The zero-order chi connectivity index (χ0) is 24.2. The number of fused-ring (bicyclic) bond motifs is 1. The molecule has 0 aliphatic carbocycles. The van der Waals surface area contributed by atoms with E-state index >= 15 is 0 Å². The summed E-state index contributed by atoms with van der Waals surface area (Å²) in [6, 6.07) is 16.7. The standard InChI is InChI=1S/C27H29ClN2O3S/c1-4-18(2)30(27(32)21-7-5-6-8-23(21)28)17-25(31)29-15-13-24-22(14-16-34-24)26(29)19-9-11-20(33-3)12-10-19/h5-12,14,16,18,26H,4,13,15,17H2,1-3H3. The Morgan fingerprint density at radius 2 is 1.91 bits per heavy atom. The molecular weight excluding hydrogens is 468 g/mol. The Bertz CT molecular complexity index is 1160. The van der Waals surface area contributed by atoms with E-state index in [0.717, 1.165) is 29.7 Å². The topological polar surface area (TPSA) is 49.9 Å². The summed E-state index contributed by atoms with van der Waals surface area (Å²) in [4.78, 5) is 32.0. The van der Waals surface area contributed by atoms with Gasteiger partial charge < -0.3 is 14.5 Å². The Balaban J connectivity index is 1.64. The zero-order valence-electron chi connectivity index (χ0n) is 19.7. The smallest absolute Gasteiger partial charge is 0.256 e. The number of methoxy groups -OCH3 is 1. The van der Waals surface area contributed by atoms with Crippen LogP contribution in [0.5, 0.6) is 5.75 Å². The molecule has 1 aliphatic rings. The highest BCUT2D eigenvalue weighted by Crippen LogP contribution is 2.38. The monoisotopic (exact) mass is 496 g/mol. The lowest BCUT2D eigenvalue weighted by atomic mass is 9.93. The Kier molecular flexibility index (Phi) is 7.59. The fourth-order valence-electron chi connectivity index (χ4n) is 4.40. The van der Waals surface area contributed by atoms with Gasteiger partial charge in [0.25, 0.3) is 5.91 Å². The number of ether oxygens (including phenoxy) is 1. The van der Waals surface area contributed by atoms with Crippen molar-refractivity contribution < 1.29 is 14.3 Å². The maximum atomic E-state index is 13.8. The van der Waals surface area contributed by atoms with E-state index in [-0.39, 0.29) is 30.4 Å². The number of nitrogens with zero attached hydrogens (tertiary/aromatic N) is 2. The van der Waals surface area contributed by atoms with Gasteiger partial charge in [0, 0.05) is 17.5 Å². The van der Waals surface area contributed by atoms with E-state index in [9.17, 15) is 9.59 Å². The Morgan fingerprint density at radius 1 is 1.18 bits per heavy atom. The van der Waals surface area contributed by atoms with Crippen LogP contribution in [0.15, 0.2) is 60.0 Å². The van der Waals surface area contributed by atoms with E-state index in [1.165, 1.54) is 4.88 Å². The van der Waals surface area contributed by atoms with Gasteiger partial charge in [0.1, 0.15) is 12.3 Å². The molecule has 2 heterocycles. The molecule has 0 saturated carbocycles. The van der Waals surface area contributed by atoms with Gasteiger partial charge in [-0.1, -0.05) is 42.8 Å². The van der Waals surface area contributed by atoms with Crippen molar-refractivity contribution in [3.8, 4) is 5.75 Å². The summed E-state index contributed by atoms with van der Waals surface area (Å²) >= 11 is 8.05. The first kappa shape index (κ1) is 24.3. The molecule has 5 nitrogen and oxygen atoms in total. The minimum Gasteiger partial charge on any atom is -0.497 e. The third-order valence-electron chi connectivity index (χ3n) is 6.51. The van der Waals surface area contributed by atoms with Gasteiger partial charge in [0.05, 0.1) is 23.7 Å². The van der Waals surface area contributed by atoms with Crippen molar-refractivity contribution in [1.82, 2.24) is 9.80 Å². The highest BCUT2D eigenvalue weighted by molar-refractivity contribution is 7.10. The van der Waals surface area contributed by atoms with Gasteiger partial charge in [0.2, 0.25) is 5.91 Å². The quantitative estimate of drug-likeness (QED) is 0.414. The normalized spacial score (nSPS) is 16.0. The van der Waals surface area contributed by atoms with Crippen LogP contribution in [-0.2, 0) is 11.2 Å². The molecule has 0 bridgehead atoms. The maximum absolute atomic E-state index is 13.8. The lowest BCUT2D eigenvalue weighted by molar-refractivity contribution is -0.134. The third-order valence-corrected chi connectivity index (χ3v) is 7.84.